The quantitative estimate of drug-likeness (QED) is 0.689. The highest BCUT2D eigenvalue weighted by atomic mass is 16.5. The summed E-state index contributed by atoms with van der Waals surface area (Å²) in [6.07, 6.45) is 0.345. The molecule has 0 spiro atoms. The molecule has 14 heavy (non-hydrogen) atoms. The first-order valence-corrected chi connectivity index (χ1v) is 4.90. The molecule has 0 saturated carbocycles. The second kappa shape index (κ2) is 5.98. The number of hydrogen-bond donors (Lipinski definition) is 1. The maximum atomic E-state index is 11.7. The first kappa shape index (κ1) is 13.4. The topological polar surface area (TPSA) is 49.8 Å². The predicted octanol–water partition coefficient (Wildman–Crippen LogP) is 0.642. The molecule has 0 heterocycles. The summed E-state index contributed by atoms with van der Waals surface area (Å²) >= 11 is 0. The Morgan fingerprint density at radius 3 is 2.43 bits per heavy atom. The van der Waals surface area contributed by atoms with E-state index in [1.165, 1.54) is 0 Å². The van der Waals surface area contributed by atoms with E-state index in [4.69, 9.17) is 9.84 Å². The lowest BCUT2D eigenvalue weighted by Gasteiger charge is -2.27. The number of nitrogens with zero attached hydrogens (tertiary/aromatic N) is 1. The average molecular weight is 203 g/mol. The number of aliphatic hydroxyl groups excluding tert-OH is 1. The molecular formula is C10H21NO3. The van der Waals surface area contributed by atoms with Crippen LogP contribution in [0.3, 0.4) is 0 Å². The smallest absolute Gasteiger partial charge is 0.225 e. The third-order valence-electron chi connectivity index (χ3n) is 2.23. The molecule has 0 aromatic carbocycles. The predicted molar refractivity (Wildman–Crippen MR) is 55.0 cm³/mol. The molecule has 0 aromatic heterocycles. The van der Waals surface area contributed by atoms with Crippen LogP contribution in [0.15, 0.2) is 0 Å². The van der Waals surface area contributed by atoms with Crippen LogP contribution in [0.2, 0.25) is 0 Å². The summed E-state index contributed by atoms with van der Waals surface area (Å²) in [5, 5.41) is 8.75. The van der Waals surface area contributed by atoms with E-state index >= 15 is 0 Å². The Hall–Kier alpha value is -0.610. The van der Waals surface area contributed by atoms with E-state index in [1.807, 2.05) is 20.8 Å². The first-order chi connectivity index (χ1) is 6.46. The van der Waals surface area contributed by atoms with Crippen LogP contribution in [0.5, 0.6) is 0 Å². The molecule has 0 rings (SSSR count). The highest BCUT2D eigenvalue weighted by Gasteiger charge is 2.23. The second-order valence-electron chi connectivity index (χ2n) is 3.84. The van der Waals surface area contributed by atoms with Gasteiger partial charge in [-0.2, -0.15) is 0 Å². The van der Waals surface area contributed by atoms with Gasteiger partial charge in [-0.05, 0) is 20.8 Å². The fourth-order valence-electron chi connectivity index (χ4n) is 1.13. The molecule has 0 unspecified atom stereocenters. The minimum absolute atomic E-state index is 0.00694. The van der Waals surface area contributed by atoms with Gasteiger partial charge >= 0.3 is 0 Å². The Morgan fingerprint density at radius 1 is 1.50 bits per heavy atom. The van der Waals surface area contributed by atoms with Crippen LogP contribution in [-0.4, -0.2) is 48.3 Å². The summed E-state index contributed by atoms with van der Waals surface area (Å²) in [6, 6.07) is 0. The summed E-state index contributed by atoms with van der Waals surface area (Å²) in [5.41, 5.74) is -0.431. The van der Waals surface area contributed by atoms with Gasteiger partial charge in [0, 0.05) is 20.2 Å². The minimum Gasteiger partial charge on any atom is -0.395 e. The summed E-state index contributed by atoms with van der Waals surface area (Å²) in [6.45, 7) is 6.67. The van der Waals surface area contributed by atoms with E-state index in [0.717, 1.165) is 0 Å². The number of carbonyl (C=O) groups is 1. The number of ether oxygens (including phenoxy) is 1. The largest absolute Gasteiger partial charge is 0.395 e. The van der Waals surface area contributed by atoms with Crippen molar-refractivity contribution in [3.8, 4) is 0 Å². The lowest BCUT2D eigenvalue weighted by Crippen LogP contribution is -2.38. The van der Waals surface area contributed by atoms with Gasteiger partial charge in [0.25, 0.3) is 0 Å². The number of carbonyl (C=O) groups excluding carboxylic acids is 1. The molecule has 84 valence electrons. The van der Waals surface area contributed by atoms with Gasteiger partial charge in [-0.3, -0.25) is 4.79 Å². The van der Waals surface area contributed by atoms with E-state index in [2.05, 4.69) is 0 Å². The third-order valence-corrected chi connectivity index (χ3v) is 2.23. The van der Waals surface area contributed by atoms with Crippen LogP contribution >= 0.6 is 0 Å². The van der Waals surface area contributed by atoms with Crippen LogP contribution in [0.1, 0.15) is 27.2 Å². The van der Waals surface area contributed by atoms with Crippen molar-refractivity contribution in [2.45, 2.75) is 32.8 Å². The number of aliphatic hydroxyl groups is 1. The normalized spacial score (nSPS) is 11.5. The van der Waals surface area contributed by atoms with Crippen LogP contribution in [-0.2, 0) is 9.53 Å². The van der Waals surface area contributed by atoms with Crippen LogP contribution < -0.4 is 0 Å². The Morgan fingerprint density at radius 2 is 2.07 bits per heavy atom. The molecule has 0 bridgehead atoms. The molecule has 0 aliphatic heterocycles. The molecule has 0 aliphatic carbocycles. The van der Waals surface area contributed by atoms with E-state index in [0.29, 0.717) is 19.5 Å². The zero-order valence-electron chi connectivity index (χ0n) is 9.54. The van der Waals surface area contributed by atoms with Crippen molar-refractivity contribution in [2.24, 2.45) is 0 Å². The summed E-state index contributed by atoms with van der Waals surface area (Å²) in [4.78, 5) is 13.3. The molecule has 1 N–H and O–H groups in total. The van der Waals surface area contributed by atoms with Gasteiger partial charge in [0.15, 0.2) is 0 Å². The van der Waals surface area contributed by atoms with Crippen LogP contribution in [0.4, 0.5) is 0 Å². The number of rotatable bonds is 6. The highest BCUT2D eigenvalue weighted by Crippen LogP contribution is 2.14. The molecule has 4 heteroatoms. The Bertz CT molecular complexity index is 180. The molecule has 4 nitrogen and oxygen atoms in total. The molecular weight excluding hydrogens is 182 g/mol. The molecule has 0 aromatic rings. The Labute approximate surface area is 85.9 Å². The van der Waals surface area contributed by atoms with Gasteiger partial charge in [-0.1, -0.05) is 0 Å². The van der Waals surface area contributed by atoms with Gasteiger partial charge in [0.05, 0.1) is 18.6 Å². The van der Waals surface area contributed by atoms with E-state index in [1.54, 1.807) is 12.0 Å². The molecule has 0 atom stereocenters. The van der Waals surface area contributed by atoms with Crippen LogP contribution in [0.25, 0.3) is 0 Å². The molecule has 0 fully saturated rings. The summed E-state index contributed by atoms with van der Waals surface area (Å²) in [7, 11) is 1.59. The lowest BCUT2D eigenvalue weighted by atomic mass is 10.0. The van der Waals surface area contributed by atoms with E-state index < -0.39 is 5.60 Å². The fraction of sp³-hybridized carbons (Fsp3) is 0.900. The van der Waals surface area contributed by atoms with Crippen LogP contribution in [0, 0.1) is 0 Å². The number of methoxy groups -OCH3 is 1. The maximum Gasteiger partial charge on any atom is 0.225 e. The first-order valence-electron chi connectivity index (χ1n) is 4.90. The molecule has 1 amide bonds. The lowest BCUT2D eigenvalue weighted by molar-refractivity contribution is -0.136. The van der Waals surface area contributed by atoms with Crippen molar-refractivity contribution >= 4 is 5.91 Å². The number of amides is 1. The maximum absolute atomic E-state index is 11.7. The van der Waals surface area contributed by atoms with Gasteiger partial charge < -0.3 is 14.7 Å². The van der Waals surface area contributed by atoms with Gasteiger partial charge in [0.2, 0.25) is 5.91 Å². The highest BCUT2D eigenvalue weighted by molar-refractivity contribution is 5.77. The van der Waals surface area contributed by atoms with Crippen molar-refractivity contribution < 1.29 is 14.6 Å². The van der Waals surface area contributed by atoms with Crippen molar-refractivity contribution in [1.29, 1.82) is 0 Å². The summed E-state index contributed by atoms with van der Waals surface area (Å²) < 4.78 is 5.17. The van der Waals surface area contributed by atoms with Crippen molar-refractivity contribution in [1.82, 2.24) is 4.90 Å². The average Bonchev–Trinajstić information content (AvgIpc) is 2.13. The van der Waals surface area contributed by atoms with Crippen molar-refractivity contribution in [3.05, 3.63) is 0 Å². The standard InChI is InChI=1S/C10H21NO3/c1-5-11(6-7-12)9(13)8-10(2,3)14-4/h12H,5-8H2,1-4H3. The zero-order valence-corrected chi connectivity index (χ0v) is 9.54. The van der Waals surface area contributed by atoms with Crippen molar-refractivity contribution in [3.63, 3.8) is 0 Å². The summed E-state index contributed by atoms with van der Waals surface area (Å²) in [5.74, 6) is 0.0217. The fourth-order valence-corrected chi connectivity index (χ4v) is 1.13. The number of hydrogen-bond acceptors (Lipinski definition) is 3. The Kier molecular flexibility index (Phi) is 5.72. The monoisotopic (exact) mass is 203 g/mol. The van der Waals surface area contributed by atoms with Gasteiger partial charge in [0.1, 0.15) is 0 Å². The van der Waals surface area contributed by atoms with Gasteiger partial charge in [-0.15, -0.1) is 0 Å². The van der Waals surface area contributed by atoms with Crippen molar-refractivity contribution in [2.75, 3.05) is 26.8 Å². The second-order valence-corrected chi connectivity index (χ2v) is 3.84. The molecule has 0 aliphatic rings. The third kappa shape index (κ3) is 4.58. The van der Waals surface area contributed by atoms with E-state index in [9.17, 15) is 4.79 Å². The number of likely N-dealkylation sites (N-methyl/N-ethyl adjacent to an activating group) is 1. The zero-order chi connectivity index (χ0) is 11.2. The Balaban J connectivity index is 4.16. The van der Waals surface area contributed by atoms with Gasteiger partial charge in [-0.25, -0.2) is 0 Å². The SMILES string of the molecule is CCN(CCO)C(=O)CC(C)(C)OC. The molecule has 0 radical (unpaired) electrons. The molecule has 0 saturated heterocycles. The minimum atomic E-state index is -0.431. The van der Waals surface area contributed by atoms with E-state index in [-0.39, 0.29) is 12.5 Å².